The summed E-state index contributed by atoms with van der Waals surface area (Å²) in [4.78, 5) is 11.3. The highest BCUT2D eigenvalue weighted by molar-refractivity contribution is 6.32. The molecule has 2 rings (SSSR count). The van der Waals surface area contributed by atoms with Gasteiger partial charge in [-0.1, -0.05) is 11.6 Å². The fourth-order valence-corrected chi connectivity index (χ4v) is 2.20. The molecule has 1 fully saturated rings. The van der Waals surface area contributed by atoms with Gasteiger partial charge in [0, 0.05) is 12.6 Å². The first-order chi connectivity index (χ1) is 7.98. The van der Waals surface area contributed by atoms with Crippen molar-refractivity contribution in [3.63, 3.8) is 0 Å². The zero-order valence-electron chi connectivity index (χ0n) is 9.92. The van der Waals surface area contributed by atoms with Crippen molar-refractivity contribution in [1.82, 2.24) is 10.2 Å². The zero-order chi connectivity index (χ0) is 12.5. The van der Waals surface area contributed by atoms with Gasteiger partial charge in [0.05, 0.1) is 17.5 Å². The van der Waals surface area contributed by atoms with Gasteiger partial charge in [-0.15, -0.1) is 0 Å². The summed E-state index contributed by atoms with van der Waals surface area (Å²) in [6, 6.07) is 0.250. The maximum Gasteiger partial charge on any atom is 0.285 e. The predicted octanol–water partition coefficient (Wildman–Crippen LogP) is 1.79. The molecule has 6 heteroatoms. The lowest BCUT2D eigenvalue weighted by Gasteiger charge is -2.36. The van der Waals surface area contributed by atoms with Gasteiger partial charge in [-0.2, -0.15) is 5.10 Å². The van der Waals surface area contributed by atoms with E-state index in [1.807, 2.05) is 0 Å². The summed E-state index contributed by atoms with van der Waals surface area (Å²) in [5, 5.41) is 9.43. The Labute approximate surface area is 105 Å². The molecule has 17 heavy (non-hydrogen) atoms. The molecule has 2 N–H and O–H groups in total. The Kier molecular flexibility index (Phi) is 3.40. The van der Waals surface area contributed by atoms with Crippen molar-refractivity contribution in [2.75, 3.05) is 11.9 Å². The summed E-state index contributed by atoms with van der Waals surface area (Å²) < 4.78 is 5.63. The first kappa shape index (κ1) is 12.4. The lowest BCUT2D eigenvalue weighted by atomic mass is 9.94. The van der Waals surface area contributed by atoms with Crippen LogP contribution in [0.4, 0.5) is 5.69 Å². The van der Waals surface area contributed by atoms with Crippen LogP contribution < -0.4 is 10.9 Å². The van der Waals surface area contributed by atoms with Crippen molar-refractivity contribution in [2.24, 2.45) is 0 Å². The quantitative estimate of drug-likeness (QED) is 0.848. The van der Waals surface area contributed by atoms with Gasteiger partial charge in [-0.05, 0) is 26.7 Å². The molecule has 0 radical (unpaired) electrons. The average Bonchev–Trinajstić information content (AvgIpc) is 2.23. The topological polar surface area (TPSA) is 67.0 Å². The van der Waals surface area contributed by atoms with Crippen LogP contribution in [0.3, 0.4) is 0 Å². The van der Waals surface area contributed by atoms with Crippen molar-refractivity contribution in [3.8, 4) is 0 Å². The summed E-state index contributed by atoms with van der Waals surface area (Å²) >= 11 is 5.91. The molecule has 5 nitrogen and oxygen atoms in total. The molecular formula is C11H16ClN3O2. The molecule has 1 saturated heterocycles. The van der Waals surface area contributed by atoms with E-state index in [1.165, 1.54) is 6.20 Å². The second-order valence-corrected chi connectivity index (χ2v) is 5.25. The number of nitrogens with one attached hydrogen (secondary N) is 2. The van der Waals surface area contributed by atoms with Gasteiger partial charge in [0.2, 0.25) is 0 Å². The number of ether oxygens (including phenoxy) is 1. The first-order valence-electron chi connectivity index (χ1n) is 5.62. The Morgan fingerprint density at radius 2 is 2.41 bits per heavy atom. The molecule has 1 aliphatic heterocycles. The van der Waals surface area contributed by atoms with Crippen LogP contribution in [0.5, 0.6) is 0 Å². The Bertz CT molecular complexity index is 458. The minimum atomic E-state index is -0.372. The summed E-state index contributed by atoms with van der Waals surface area (Å²) in [6.07, 6.45) is 3.30. The van der Waals surface area contributed by atoms with Gasteiger partial charge >= 0.3 is 0 Å². The van der Waals surface area contributed by atoms with E-state index in [9.17, 15) is 4.79 Å². The number of hydrogen-bond donors (Lipinski definition) is 2. The number of nitrogens with zero attached hydrogens (tertiary/aromatic N) is 1. The van der Waals surface area contributed by atoms with Crippen LogP contribution in [0.15, 0.2) is 11.0 Å². The van der Waals surface area contributed by atoms with Gasteiger partial charge in [0.1, 0.15) is 5.02 Å². The Balaban J connectivity index is 2.11. The Morgan fingerprint density at radius 1 is 1.65 bits per heavy atom. The first-order valence-corrected chi connectivity index (χ1v) is 5.99. The van der Waals surface area contributed by atoms with Crippen molar-refractivity contribution in [1.29, 1.82) is 0 Å². The summed E-state index contributed by atoms with van der Waals surface area (Å²) in [5.74, 6) is 0. The summed E-state index contributed by atoms with van der Waals surface area (Å²) in [6.45, 7) is 4.82. The van der Waals surface area contributed by atoms with Crippen molar-refractivity contribution in [3.05, 3.63) is 21.6 Å². The second kappa shape index (κ2) is 4.66. The maximum atomic E-state index is 11.3. The molecule has 1 aromatic rings. The highest BCUT2D eigenvalue weighted by Gasteiger charge is 2.29. The standard InChI is InChI=1S/C11H16ClN3O2/c1-11(2)5-7(3-4-17-11)14-8-6-13-15-10(16)9(8)12/h6-7H,3-5H2,1-2H3,(H2,14,15,16). The van der Waals surface area contributed by atoms with Crippen LogP contribution in [0.25, 0.3) is 0 Å². The number of rotatable bonds is 2. The molecule has 0 amide bonds. The normalized spacial score (nSPS) is 23.4. The number of aromatic nitrogens is 2. The molecule has 1 aromatic heterocycles. The molecule has 0 aromatic carbocycles. The fourth-order valence-electron chi connectivity index (χ4n) is 2.06. The van der Waals surface area contributed by atoms with E-state index >= 15 is 0 Å². The number of H-pyrrole nitrogens is 1. The Hall–Kier alpha value is -1.07. The van der Waals surface area contributed by atoms with E-state index in [0.29, 0.717) is 12.3 Å². The highest BCUT2D eigenvalue weighted by Crippen LogP contribution is 2.27. The lowest BCUT2D eigenvalue weighted by molar-refractivity contribution is -0.0553. The smallest absolute Gasteiger partial charge is 0.285 e. The SMILES string of the molecule is CC1(C)CC(Nc2cn[nH]c(=O)c2Cl)CCO1. The Morgan fingerprint density at radius 3 is 3.12 bits per heavy atom. The molecule has 1 aliphatic rings. The zero-order valence-corrected chi connectivity index (χ0v) is 10.7. The molecule has 0 saturated carbocycles. The van der Waals surface area contributed by atoms with Gasteiger partial charge in [0.15, 0.2) is 0 Å². The van der Waals surface area contributed by atoms with E-state index in [-0.39, 0.29) is 22.2 Å². The molecule has 0 spiro atoms. The average molecular weight is 258 g/mol. The third-order valence-corrected chi connectivity index (χ3v) is 3.23. The molecule has 94 valence electrons. The van der Waals surface area contributed by atoms with Gasteiger partial charge < -0.3 is 10.1 Å². The third kappa shape index (κ3) is 2.98. The summed E-state index contributed by atoms with van der Waals surface area (Å²) in [7, 11) is 0. The van der Waals surface area contributed by atoms with Crippen LogP contribution in [-0.2, 0) is 4.74 Å². The van der Waals surface area contributed by atoms with Crippen LogP contribution in [0.2, 0.25) is 5.02 Å². The van der Waals surface area contributed by atoms with Gasteiger partial charge in [-0.25, -0.2) is 5.10 Å². The third-order valence-electron chi connectivity index (χ3n) is 2.85. The molecule has 0 bridgehead atoms. The van der Waals surface area contributed by atoms with Crippen LogP contribution in [-0.4, -0.2) is 28.4 Å². The number of halogens is 1. The van der Waals surface area contributed by atoms with Crippen LogP contribution >= 0.6 is 11.6 Å². The van der Waals surface area contributed by atoms with E-state index in [4.69, 9.17) is 16.3 Å². The lowest BCUT2D eigenvalue weighted by Crippen LogP contribution is -2.40. The van der Waals surface area contributed by atoms with E-state index in [2.05, 4.69) is 29.4 Å². The molecule has 0 aliphatic carbocycles. The van der Waals surface area contributed by atoms with Crippen molar-refractivity contribution >= 4 is 17.3 Å². The van der Waals surface area contributed by atoms with Crippen LogP contribution in [0, 0.1) is 0 Å². The minimum Gasteiger partial charge on any atom is -0.379 e. The monoisotopic (exact) mass is 257 g/mol. The molecule has 1 atom stereocenters. The van der Waals surface area contributed by atoms with E-state index in [0.717, 1.165) is 12.8 Å². The fraction of sp³-hybridized carbons (Fsp3) is 0.636. The van der Waals surface area contributed by atoms with Gasteiger partial charge in [0.25, 0.3) is 5.56 Å². The van der Waals surface area contributed by atoms with Crippen LogP contribution in [0.1, 0.15) is 26.7 Å². The second-order valence-electron chi connectivity index (χ2n) is 4.87. The maximum absolute atomic E-state index is 11.3. The van der Waals surface area contributed by atoms with E-state index < -0.39 is 0 Å². The molecule has 2 heterocycles. The predicted molar refractivity (Wildman–Crippen MR) is 66.5 cm³/mol. The highest BCUT2D eigenvalue weighted by atomic mass is 35.5. The minimum absolute atomic E-state index is 0.142. The largest absolute Gasteiger partial charge is 0.379 e. The number of hydrogen-bond acceptors (Lipinski definition) is 4. The number of anilines is 1. The molecular weight excluding hydrogens is 242 g/mol. The van der Waals surface area contributed by atoms with Crippen molar-refractivity contribution < 1.29 is 4.74 Å². The number of aromatic amines is 1. The van der Waals surface area contributed by atoms with E-state index in [1.54, 1.807) is 0 Å². The van der Waals surface area contributed by atoms with Gasteiger partial charge in [-0.3, -0.25) is 4.79 Å². The summed E-state index contributed by atoms with van der Waals surface area (Å²) in [5.41, 5.74) is 0.0675. The molecule has 1 unspecified atom stereocenters. The van der Waals surface area contributed by atoms with Crippen molar-refractivity contribution in [2.45, 2.75) is 38.3 Å².